The molecule has 2 rings (SSSR count). The van der Waals surface area contributed by atoms with Crippen molar-refractivity contribution in [2.45, 2.75) is 13.0 Å². The summed E-state index contributed by atoms with van der Waals surface area (Å²) in [6, 6.07) is 4.05. The molecule has 1 aromatic carbocycles. The van der Waals surface area contributed by atoms with Crippen LogP contribution >= 0.6 is 11.8 Å². The van der Waals surface area contributed by atoms with Crippen molar-refractivity contribution >= 4 is 28.7 Å². The molecule has 0 amide bonds. The van der Waals surface area contributed by atoms with E-state index < -0.39 is 0 Å². The summed E-state index contributed by atoms with van der Waals surface area (Å²) in [4.78, 5) is 4.40. The minimum Gasteiger partial charge on any atom is -0.493 e. The molecule has 0 aliphatic rings. The van der Waals surface area contributed by atoms with E-state index in [1.54, 1.807) is 26.0 Å². The van der Waals surface area contributed by atoms with Gasteiger partial charge in [-0.2, -0.15) is 11.8 Å². The molecule has 1 atom stereocenters. The molecule has 0 saturated heterocycles. The molecular formula is C13H19N3O2S. The van der Waals surface area contributed by atoms with E-state index in [9.17, 15) is 0 Å². The summed E-state index contributed by atoms with van der Waals surface area (Å²) in [6.45, 7) is 2.13. The smallest absolute Gasteiger partial charge is 0.201 e. The Bertz CT molecular complexity index is 583. The number of rotatable bonds is 5. The van der Waals surface area contributed by atoms with E-state index >= 15 is 0 Å². The van der Waals surface area contributed by atoms with Crippen molar-refractivity contribution in [1.29, 1.82) is 0 Å². The van der Waals surface area contributed by atoms with Crippen LogP contribution in [0, 0.1) is 0 Å². The number of methoxy groups -OCH3 is 2. The first-order valence-corrected chi connectivity index (χ1v) is 7.40. The average Bonchev–Trinajstić information content (AvgIpc) is 2.72. The SMILES string of the molecule is COc1cc2nc(N)n(C(C)CSC)c2cc1OC. The molecule has 1 unspecified atom stereocenters. The summed E-state index contributed by atoms with van der Waals surface area (Å²) in [5, 5.41) is 0. The van der Waals surface area contributed by atoms with Gasteiger partial charge in [0.25, 0.3) is 0 Å². The summed E-state index contributed by atoms with van der Waals surface area (Å²) in [5.41, 5.74) is 7.82. The van der Waals surface area contributed by atoms with Gasteiger partial charge in [-0.25, -0.2) is 4.98 Å². The van der Waals surface area contributed by atoms with Crippen LogP contribution in [0.5, 0.6) is 11.5 Å². The van der Waals surface area contributed by atoms with Crippen molar-refractivity contribution in [3.63, 3.8) is 0 Å². The number of nitrogens with zero attached hydrogens (tertiary/aromatic N) is 2. The lowest BCUT2D eigenvalue weighted by Gasteiger charge is -2.15. The van der Waals surface area contributed by atoms with Gasteiger partial charge in [-0.1, -0.05) is 0 Å². The lowest BCUT2D eigenvalue weighted by molar-refractivity contribution is 0.355. The lowest BCUT2D eigenvalue weighted by atomic mass is 10.2. The molecule has 0 aliphatic carbocycles. The van der Waals surface area contributed by atoms with E-state index in [1.165, 1.54) is 0 Å². The first kappa shape index (κ1) is 13.9. The molecule has 104 valence electrons. The second-order valence-corrected chi connectivity index (χ2v) is 5.25. The topological polar surface area (TPSA) is 62.3 Å². The van der Waals surface area contributed by atoms with Gasteiger partial charge in [0.1, 0.15) is 0 Å². The maximum atomic E-state index is 6.03. The first-order valence-electron chi connectivity index (χ1n) is 6.00. The highest BCUT2D eigenvalue weighted by Crippen LogP contribution is 2.34. The normalized spacial score (nSPS) is 12.6. The third-order valence-corrected chi connectivity index (χ3v) is 3.89. The molecule has 19 heavy (non-hydrogen) atoms. The predicted molar refractivity (Wildman–Crippen MR) is 80.3 cm³/mol. The van der Waals surface area contributed by atoms with Crippen LogP contribution in [0.25, 0.3) is 11.0 Å². The van der Waals surface area contributed by atoms with E-state index in [2.05, 4.69) is 18.2 Å². The van der Waals surface area contributed by atoms with Crippen LogP contribution in [0.2, 0.25) is 0 Å². The quantitative estimate of drug-likeness (QED) is 0.912. The zero-order valence-electron chi connectivity index (χ0n) is 11.6. The molecule has 0 bridgehead atoms. The standard InChI is InChI=1S/C13H19N3O2S/c1-8(7-19-4)16-10-6-12(18-3)11(17-2)5-9(10)15-13(16)14/h5-6,8H,7H2,1-4H3,(H2,14,15). The molecule has 0 radical (unpaired) electrons. The fraction of sp³-hybridized carbons (Fsp3) is 0.462. The summed E-state index contributed by atoms with van der Waals surface area (Å²) in [7, 11) is 3.24. The van der Waals surface area contributed by atoms with Crippen molar-refractivity contribution in [3.05, 3.63) is 12.1 Å². The van der Waals surface area contributed by atoms with E-state index in [-0.39, 0.29) is 6.04 Å². The summed E-state index contributed by atoms with van der Waals surface area (Å²) >= 11 is 1.78. The van der Waals surface area contributed by atoms with Crippen LogP contribution in [0.15, 0.2) is 12.1 Å². The summed E-state index contributed by atoms with van der Waals surface area (Å²) < 4.78 is 12.7. The van der Waals surface area contributed by atoms with Crippen LogP contribution in [-0.2, 0) is 0 Å². The molecule has 2 N–H and O–H groups in total. The molecule has 0 saturated carbocycles. The Morgan fingerprint density at radius 1 is 1.32 bits per heavy atom. The van der Waals surface area contributed by atoms with Gasteiger partial charge in [-0.05, 0) is 13.2 Å². The van der Waals surface area contributed by atoms with E-state index in [1.807, 2.05) is 16.7 Å². The second kappa shape index (κ2) is 5.61. The Hall–Kier alpha value is -1.56. The molecule has 2 aromatic rings. The number of thioether (sulfide) groups is 1. The number of hydrogen-bond acceptors (Lipinski definition) is 5. The zero-order chi connectivity index (χ0) is 14.0. The highest BCUT2D eigenvalue weighted by atomic mass is 32.2. The van der Waals surface area contributed by atoms with Crippen molar-refractivity contribution in [1.82, 2.24) is 9.55 Å². The van der Waals surface area contributed by atoms with Crippen molar-refractivity contribution in [2.24, 2.45) is 0 Å². The number of nitrogens with two attached hydrogens (primary N) is 1. The van der Waals surface area contributed by atoms with Crippen molar-refractivity contribution < 1.29 is 9.47 Å². The monoisotopic (exact) mass is 281 g/mol. The molecular weight excluding hydrogens is 262 g/mol. The molecule has 0 spiro atoms. The fourth-order valence-electron chi connectivity index (χ4n) is 2.22. The Kier molecular flexibility index (Phi) is 4.09. The van der Waals surface area contributed by atoms with E-state index in [0.717, 1.165) is 16.8 Å². The third-order valence-electron chi connectivity index (χ3n) is 3.07. The maximum absolute atomic E-state index is 6.03. The minimum absolute atomic E-state index is 0.276. The van der Waals surface area contributed by atoms with Crippen LogP contribution < -0.4 is 15.2 Å². The zero-order valence-corrected chi connectivity index (χ0v) is 12.5. The van der Waals surface area contributed by atoms with Gasteiger partial charge in [-0.3, -0.25) is 0 Å². The number of benzene rings is 1. The van der Waals surface area contributed by atoms with Gasteiger partial charge < -0.3 is 19.8 Å². The highest BCUT2D eigenvalue weighted by molar-refractivity contribution is 7.98. The Balaban J connectivity index is 2.61. The van der Waals surface area contributed by atoms with Gasteiger partial charge in [-0.15, -0.1) is 0 Å². The Morgan fingerprint density at radius 2 is 1.95 bits per heavy atom. The Morgan fingerprint density at radius 3 is 2.53 bits per heavy atom. The number of ether oxygens (including phenoxy) is 2. The fourth-order valence-corrected chi connectivity index (χ4v) is 2.85. The maximum Gasteiger partial charge on any atom is 0.201 e. The largest absolute Gasteiger partial charge is 0.493 e. The van der Waals surface area contributed by atoms with Gasteiger partial charge in [0.15, 0.2) is 11.5 Å². The van der Waals surface area contributed by atoms with Gasteiger partial charge in [0.05, 0.1) is 25.3 Å². The minimum atomic E-state index is 0.276. The average molecular weight is 281 g/mol. The number of anilines is 1. The lowest BCUT2D eigenvalue weighted by Crippen LogP contribution is -2.10. The summed E-state index contributed by atoms with van der Waals surface area (Å²) in [5.74, 6) is 2.85. The van der Waals surface area contributed by atoms with Crippen LogP contribution in [-0.4, -0.2) is 35.8 Å². The molecule has 1 heterocycles. The van der Waals surface area contributed by atoms with Crippen LogP contribution in [0.4, 0.5) is 5.95 Å². The predicted octanol–water partition coefficient (Wildman–Crippen LogP) is 2.56. The van der Waals surface area contributed by atoms with Crippen molar-refractivity contribution in [2.75, 3.05) is 32.0 Å². The summed E-state index contributed by atoms with van der Waals surface area (Å²) in [6.07, 6.45) is 2.08. The van der Waals surface area contributed by atoms with Gasteiger partial charge >= 0.3 is 0 Å². The van der Waals surface area contributed by atoms with Crippen molar-refractivity contribution in [3.8, 4) is 11.5 Å². The first-order chi connectivity index (χ1) is 9.12. The molecule has 5 nitrogen and oxygen atoms in total. The second-order valence-electron chi connectivity index (χ2n) is 4.34. The molecule has 0 fully saturated rings. The highest BCUT2D eigenvalue weighted by Gasteiger charge is 2.16. The van der Waals surface area contributed by atoms with Gasteiger partial charge in [0.2, 0.25) is 5.95 Å². The van der Waals surface area contributed by atoms with Crippen LogP contribution in [0.1, 0.15) is 13.0 Å². The van der Waals surface area contributed by atoms with Crippen LogP contribution in [0.3, 0.4) is 0 Å². The molecule has 0 aliphatic heterocycles. The molecule has 1 aromatic heterocycles. The number of fused-ring (bicyclic) bond motifs is 1. The Labute approximate surface area is 117 Å². The van der Waals surface area contributed by atoms with E-state index in [4.69, 9.17) is 15.2 Å². The number of hydrogen-bond donors (Lipinski definition) is 1. The van der Waals surface area contributed by atoms with Gasteiger partial charge in [0, 0.05) is 23.9 Å². The number of imidazole rings is 1. The number of aromatic nitrogens is 2. The molecule has 6 heteroatoms. The van der Waals surface area contributed by atoms with E-state index in [0.29, 0.717) is 17.4 Å². The third kappa shape index (κ3) is 2.45. The number of nitrogen functional groups attached to an aromatic ring is 1.